The molecule has 0 atom stereocenters. The molecule has 0 aromatic heterocycles. The molecule has 0 bridgehead atoms. The normalized spacial score (nSPS) is 18.3. The van der Waals surface area contributed by atoms with E-state index >= 15 is 0 Å². The number of benzene rings is 2. The molecule has 1 saturated carbocycles. The van der Waals surface area contributed by atoms with Gasteiger partial charge in [-0.05, 0) is 67.7 Å². The van der Waals surface area contributed by atoms with Crippen LogP contribution < -0.4 is 15.5 Å². The first-order valence-corrected chi connectivity index (χ1v) is 10.5. The van der Waals surface area contributed by atoms with Gasteiger partial charge in [-0.15, -0.1) is 0 Å². The summed E-state index contributed by atoms with van der Waals surface area (Å²) in [7, 11) is 0. The molecule has 2 aliphatic rings. The smallest absolute Gasteiger partial charge is 0.227 e. The van der Waals surface area contributed by atoms with E-state index in [4.69, 9.17) is 12.2 Å². The van der Waals surface area contributed by atoms with E-state index in [0.717, 1.165) is 42.7 Å². The van der Waals surface area contributed by atoms with Gasteiger partial charge in [0.2, 0.25) is 5.91 Å². The maximum atomic E-state index is 12.0. The Kier molecular flexibility index (Phi) is 5.36. The molecule has 1 aliphatic heterocycles. The first kappa shape index (κ1) is 18.9. The number of hydrogen-bond donors (Lipinski definition) is 2. The third kappa shape index (κ3) is 3.76. The Morgan fingerprint density at radius 3 is 2.46 bits per heavy atom. The van der Waals surface area contributed by atoms with E-state index in [1.54, 1.807) is 0 Å². The summed E-state index contributed by atoms with van der Waals surface area (Å²) in [4.78, 5) is 13.9. The molecule has 1 heterocycles. The largest absolute Gasteiger partial charge is 0.353 e. The number of carbonyl (C=O) groups is 1. The van der Waals surface area contributed by atoms with Crippen molar-refractivity contribution in [3.8, 4) is 0 Å². The fourth-order valence-electron chi connectivity index (χ4n) is 4.54. The van der Waals surface area contributed by atoms with Gasteiger partial charge >= 0.3 is 0 Å². The second kappa shape index (κ2) is 7.92. The van der Waals surface area contributed by atoms with Crippen molar-refractivity contribution in [3.63, 3.8) is 0 Å². The third-order valence-electron chi connectivity index (χ3n) is 5.96. The molecule has 28 heavy (non-hydrogen) atoms. The molecule has 0 radical (unpaired) electrons. The van der Waals surface area contributed by atoms with Gasteiger partial charge in [-0.3, -0.25) is 4.79 Å². The average Bonchev–Trinajstić information content (AvgIpc) is 3.32. The van der Waals surface area contributed by atoms with E-state index < -0.39 is 0 Å². The number of rotatable bonds is 4. The number of amides is 1. The molecule has 4 rings (SSSR count). The minimum atomic E-state index is -0.0811. The van der Waals surface area contributed by atoms with Crippen molar-refractivity contribution in [2.24, 2.45) is 0 Å². The highest BCUT2D eigenvalue weighted by Gasteiger charge is 2.36. The van der Waals surface area contributed by atoms with E-state index in [0.29, 0.717) is 11.5 Å². The summed E-state index contributed by atoms with van der Waals surface area (Å²) in [6.45, 7) is 2.86. The van der Waals surface area contributed by atoms with Gasteiger partial charge in [0.25, 0.3) is 0 Å². The molecule has 1 aliphatic carbocycles. The molecule has 4 nitrogen and oxygen atoms in total. The molecule has 2 aromatic carbocycles. The number of hydrogen-bond acceptors (Lipinski definition) is 2. The zero-order chi connectivity index (χ0) is 19.6. The number of nitrogens with one attached hydrogen (secondary N) is 2. The van der Waals surface area contributed by atoms with Gasteiger partial charge < -0.3 is 15.5 Å². The monoisotopic (exact) mass is 393 g/mol. The number of carbonyl (C=O) groups excluding carboxylic acids is 1. The summed E-state index contributed by atoms with van der Waals surface area (Å²) in [5.41, 5.74) is 4.26. The lowest BCUT2D eigenvalue weighted by molar-refractivity contribution is -0.117. The fourth-order valence-corrected chi connectivity index (χ4v) is 4.85. The molecule has 0 spiro atoms. The van der Waals surface area contributed by atoms with Crippen LogP contribution >= 0.6 is 12.2 Å². The van der Waals surface area contributed by atoms with Crippen LogP contribution in [0, 0.1) is 6.92 Å². The SMILES string of the molecule is Cc1cc(NC(=S)NC2(c3ccccc3)CCCC2)ccc1N1CCCC1=O. The molecule has 0 unspecified atom stereocenters. The van der Waals surface area contributed by atoms with Gasteiger partial charge in [0.1, 0.15) is 0 Å². The third-order valence-corrected chi connectivity index (χ3v) is 6.16. The van der Waals surface area contributed by atoms with Crippen LogP contribution in [0.1, 0.15) is 49.7 Å². The van der Waals surface area contributed by atoms with Gasteiger partial charge in [-0.1, -0.05) is 43.2 Å². The zero-order valence-electron chi connectivity index (χ0n) is 16.3. The standard InChI is InChI=1S/C23H27N3OS/c1-17-16-19(11-12-20(17)26-15-7-10-21(26)27)24-22(28)25-23(13-5-6-14-23)18-8-3-2-4-9-18/h2-4,8-9,11-12,16H,5-7,10,13-15H2,1H3,(H2,24,25,28). The first-order chi connectivity index (χ1) is 13.6. The van der Waals surface area contributed by atoms with Crippen molar-refractivity contribution < 1.29 is 4.79 Å². The summed E-state index contributed by atoms with van der Waals surface area (Å²) in [5, 5.41) is 7.61. The van der Waals surface area contributed by atoms with Crippen molar-refractivity contribution in [1.82, 2.24) is 5.32 Å². The van der Waals surface area contributed by atoms with Crippen LogP contribution in [-0.4, -0.2) is 17.6 Å². The number of thiocarbonyl (C=S) groups is 1. The maximum Gasteiger partial charge on any atom is 0.227 e. The van der Waals surface area contributed by atoms with E-state index in [1.807, 2.05) is 24.0 Å². The van der Waals surface area contributed by atoms with Crippen LogP contribution in [-0.2, 0) is 10.3 Å². The molecule has 5 heteroatoms. The van der Waals surface area contributed by atoms with Gasteiger partial charge in [0.15, 0.2) is 5.11 Å². The highest BCUT2D eigenvalue weighted by Crippen LogP contribution is 2.38. The van der Waals surface area contributed by atoms with Crippen LogP contribution in [0.15, 0.2) is 48.5 Å². The zero-order valence-corrected chi connectivity index (χ0v) is 17.1. The average molecular weight is 394 g/mol. The van der Waals surface area contributed by atoms with Gasteiger partial charge in [-0.2, -0.15) is 0 Å². The van der Waals surface area contributed by atoms with E-state index in [1.165, 1.54) is 18.4 Å². The van der Waals surface area contributed by atoms with Crippen molar-refractivity contribution >= 4 is 34.6 Å². The Hall–Kier alpha value is -2.40. The minimum absolute atomic E-state index is 0.0811. The van der Waals surface area contributed by atoms with Gasteiger partial charge in [0.05, 0.1) is 5.54 Å². The molecule has 1 saturated heterocycles. The summed E-state index contributed by atoms with van der Waals surface area (Å²) in [5.74, 6) is 0.215. The Bertz CT molecular complexity index is 875. The molecular formula is C23H27N3OS. The number of anilines is 2. The van der Waals surface area contributed by atoms with Crippen molar-refractivity contribution in [1.29, 1.82) is 0 Å². The lowest BCUT2D eigenvalue weighted by atomic mass is 9.88. The number of aryl methyl sites for hydroxylation is 1. The summed E-state index contributed by atoms with van der Waals surface area (Å²) >= 11 is 5.66. The van der Waals surface area contributed by atoms with Crippen molar-refractivity contribution in [2.75, 3.05) is 16.8 Å². The lowest BCUT2D eigenvalue weighted by Gasteiger charge is -2.32. The van der Waals surface area contributed by atoms with Crippen LogP contribution in [0.5, 0.6) is 0 Å². The Morgan fingerprint density at radius 2 is 1.82 bits per heavy atom. The maximum absolute atomic E-state index is 12.0. The molecule has 2 fully saturated rings. The molecule has 2 N–H and O–H groups in total. The highest BCUT2D eigenvalue weighted by molar-refractivity contribution is 7.80. The van der Waals surface area contributed by atoms with E-state index in [2.05, 4.69) is 47.0 Å². The first-order valence-electron chi connectivity index (χ1n) is 10.1. The predicted octanol–water partition coefficient (Wildman–Crippen LogP) is 4.88. The van der Waals surface area contributed by atoms with Crippen molar-refractivity contribution in [3.05, 3.63) is 59.7 Å². The second-order valence-corrected chi connectivity index (χ2v) is 8.29. The van der Waals surface area contributed by atoms with Crippen LogP contribution in [0.2, 0.25) is 0 Å². The van der Waals surface area contributed by atoms with Crippen LogP contribution in [0.25, 0.3) is 0 Å². The van der Waals surface area contributed by atoms with E-state index in [9.17, 15) is 4.79 Å². The van der Waals surface area contributed by atoms with Crippen molar-refractivity contribution in [2.45, 2.75) is 51.0 Å². The fraction of sp³-hybridized carbons (Fsp3) is 0.391. The molecule has 146 valence electrons. The van der Waals surface area contributed by atoms with Gasteiger partial charge in [-0.25, -0.2) is 0 Å². The van der Waals surface area contributed by atoms with E-state index in [-0.39, 0.29) is 11.4 Å². The second-order valence-electron chi connectivity index (χ2n) is 7.88. The summed E-state index contributed by atoms with van der Waals surface area (Å²) < 4.78 is 0. The lowest BCUT2D eigenvalue weighted by Crippen LogP contribution is -2.45. The molecule has 1 amide bonds. The molecule has 2 aromatic rings. The summed E-state index contributed by atoms with van der Waals surface area (Å²) in [6.07, 6.45) is 6.19. The predicted molar refractivity (Wildman–Crippen MR) is 119 cm³/mol. The molecular weight excluding hydrogens is 366 g/mol. The minimum Gasteiger partial charge on any atom is -0.353 e. The van der Waals surface area contributed by atoms with Gasteiger partial charge in [0, 0.05) is 24.3 Å². The Morgan fingerprint density at radius 1 is 1.07 bits per heavy atom. The highest BCUT2D eigenvalue weighted by atomic mass is 32.1. The van der Waals surface area contributed by atoms with Crippen LogP contribution in [0.4, 0.5) is 11.4 Å². The number of nitrogens with zero attached hydrogens (tertiary/aromatic N) is 1. The quantitative estimate of drug-likeness (QED) is 0.727. The Balaban J connectivity index is 1.47. The summed E-state index contributed by atoms with van der Waals surface area (Å²) in [6, 6.07) is 16.7. The Labute approximate surface area is 172 Å². The van der Waals surface area contributed by atoms with Crippen LogP contribution in [0.3, 0.4) is 0 Å². The topological polar surface area (TPSA) is 44.4 Å².